The molecule has 4 heteroatoms. The van der Waals surface area contributed by atoms with Gasteiger partial charge in [0.1, 0.15) is 0 Å². The number of rotatable bonds is 7. The van der Waals surface area contributed by atoms with Crippen LogP contribution in [0.2, 0.25) is 0 Å². The van der Waals surface area contributed by atoms with Crippen molar-refractivity contribution in [1.82, 2.24) is 10.2 Å². The average molecular weight is 228 g/mol. The van der Waals surface area contributed by atoms with Crippen molar-refractivity contribution < 1.29 is 9.53 Å². The van der Waals surface area contributed by atoms with Crippen molar-refractivity contribution in [2.24, 2.45) is 5.92 Å². The lowest BCUT2D eigenvalue weighted by molar-refractivity contribution is -0.110. The summed E-state index contributed by atoms with van der Waals surface area (Å²) in [6.07, 6.45) is 3.44. The number of carbonyl (C=O) groups excluding carboxylic acids is 1. The first-order valence-electron chi connectivity index (χ1n) is 6.23. The molecule has 0 saturated carbocycles. The molecule has 1 saturated heterocycles. The van der Waals surface area contributed by atoms with E-state index < -0.39 is 0 Å². The van der Waals surface area contributed by atoms with E-state index in [2.05, 4.69) is 24.1 Å². The van der Waals surface area contributed by atoms with Crippen molar-refractivity contribution in [1.29, 1.82) is 0 Å². The number of nitrogens with one attached hydrogen (secondary N) is 1. The van der Waals surface area contributed by atoms with Crippen molar-refractivity contribution in [3.8, 4) is 0 Å². The molecule has 0 spiro atoms. The van der Waals surface area contributed by atoms with Gasteiger partial charge >= 0.3 is 0 Å². The van der Waals surface area contributed by atoms with E-state index in [0.717, 1.165) is 38.6 Å². The molecular weight excluding hydrogens is 204 g/mol. The topological polar surface area (TPSA) is 41.6 Å². The van der Waals surface area contributed by atoms with E-state index in [0.29, 0.717) is 6.54 Å². The van der Waals surface area contributed by atoms with Crippen LogP contribution in [-0.2, 0) is 9.53 Å². The van der Waals surface area contributed by atoms with Crippen LogP contribution in [0, 0.1) is 5.92 Å². The third-order valence-electron chi connectivity index (χ3n) is 2.91. The van der Waals surface area contributed by atoms with E-state index in [-0.39, 0.29) is 6.10 Å². The fraction of sp³-hybridized carbons (Fsp3) is 0.917. The summed E-state index contributed by atoms with van der Waals surface area (Å²) in [5, 5.41) is 2.68. The predicted octanol–water partition coefficient (Wildman–Crippen LogP) is 0.869. The van der Waals surface area contributed by atoms with E-state index in [9.17, 15) is 4.79 Å². The molecular formula is C12H24N2O2. The van der Waals surface area contributed by atoms with Crippen molar-refractivity contribution in [3.05, 3.63) is 0 Å². The fourth-order valence-electron chi connectivity index (χ4n) is 2.01. The number of ether oxygens (including phenoxy) is 1. The van der Waals surface area contributed by atoms with Gasteiger partial charge in [-0.2, -0.15) is 0 Å². The van der Waals surface area contributed by atoms with E-state index in [4.69, 9.17) is 4.74 Å². The molecule has 1 aliphatic rings. The maximum atomic E-state index is 10.2. The van der Waals surface area contributed by atoms with Crippen LogP contribution in [-0.4, -0.2) is 50.2 Å². The van der Waals surface area contributed by atoms with Crippen LogP contribution in [0.5, 0.6) is 0 Å². The molecule has 1 unspecified atom stereocenters. The Morgan fingerprint density at radius 3 is 3.06 bits per heavy atom. The van der Waals surface area contributed by atoms with Crippen LogP contribution in [0.15, 0.2) is 0 Å². The molecule has 0 aliphatic carbocycles. The van der Waals surface area contributed by atoms with Crippen LogP contribution in [0.4, 0.5) is 0 Å². The molecule has 0 aromatic rings. The van der Waals surface area contributed by atoms with Crippen LogP contribution < -0.4 is 5.32 Å². The summed E-state index contributed by atoms with van der Waals surface area (Å²) in [6.45, 7) is 9.05. The Hall–Kier alpha value is -0.610. The summed E-state index contributed by atoms with van der Waals surface area (Å²) in [5.41, 5.74) is 0. The Morgan fingerprint density at radius 2 is 2.38 bits per heavy atom. The predicted molar refractivity (Wildman–Crippen MR) is 64.3 cm³/mol. The van der Waals surface area contributed by atoms with Crippen molar-refractivity contribution >= 4 is 6.41 Å². The maximum Gasteiger partial charge on any atom is 0.207 e. The molecule has 1 N–H and O–H groups in total. The van der Waals surface area contributed by atoms with Gasteiger partial charge in [0.05, 0.1) is 12.7 Å². The van der Waals surface area contributed by atoms with E-state index in [1.807, 2.05) is 0 Å². The molecule has 16 heavy (non-hydrogen) atoms. The molecule has 1 rings (SSSR count). The molecule has 4 nitrogen and oxygen atoms in total. The second-order valence-electron chi connectivity index (χ2n) is 4.86. The zero-order valence-corrected chi connectivity index (χ0v) is 10.4. The fourth-order valence-corrected chi connectivity index (χ4v) is 2.01. The molecule has 0 aromatic heterocycles. The normalized spacial score (nSPS) is 22.3. The summed E-state index contributed by atoms with van der Waals surface area (Å²) < 4.78 is 5.57. The summed E-state index contributed by atoms with van der Waals surface area (Å²) in [6, 6.07) is 0. The SMILES string of the molecule is CC(C)CCCN1CCOC(CNC=O)C1. The van der Waals surface area contributed by atoms with Gasteiger partial charge in [0.2, 0.25) is 6.41 Å². The monoisotopic (exact) mass is 228 g/mol. The standard InChI is InChI=1S/C12H24N2O2/c1-11(2)4-3-5-14-6-7-16-12(9-14)8-13-10-15/h10-12H,3-9H2,1-2H3,(H,13,15). The third-order valence-corrected chi connectivity index (χ3v) is 2.91. The molecule has 1 amide bonds. The highest BCUT2D eigenvalue weighted by molar-refractivity contribution is 5.45. The van der Waals surface area contributed by atoms with Crippen molar-refractivity contribution in [3.63, 3.8) is 0 Å². The number of amides is 1. The quantitative estimate of drug-likeness (QED) is 0.657. The van der Waals surface area contributed by atoms with Gasteiger partial charge in [-0.15, -0.1) is 0 Å². The Morgan fingerprint density at radius 1 is 1.56 bits per heavy atom. The molecule has 1 fully saturated rings. The zero-order valence-electron chi connectivity index (χ0n) is 10.4. The van der Waals surface area contributed by atoms with Gasteiger partial charge in [0.25, 0.3) is 0 Å². The minimum Gasteiger partial charge on any atom is -0.374 e. The summed E-state index contributed by atoms with van der Waals surface area (Å²) in [5.74, 6) is 0.786. The highest BCUT2D eigenvalue weighted by Gasteiger charge is 2.19. The highest BCUT2D eigenvalue weighted by atomic mass is 16.5. The lowest BCUT2D eigenvalue weighted by Crippen LogP contribution is -2.46. The summed E-state index contributed by atoms with van der Waals surface area (Å²) >= 11 is 0. The van der Waals surface area contributed by atoms with Gasteiger partial charge in [-0.25, -0.2) is 0 Å². The smallest absolute Gasteiger partial charge is 0.207 e. The number of hydrogen-bond acceptors (Lipinski definition) is 3. The Bertz CT molecular complexity index is 197. The first-order chi connectivity index (χ1) is 7.72. The third kappa shape index (κ3) is 5.47. The second kappa shape index (κ2) is 7.63. The number of nitrogens with zero attached hydrogens (tertiary/aromatic N) is 1. The minimum atomic E-state index is 0.165. The second-order valence-corrected chi connectivity index (χ2v) is 4.86. The Labute approximate surface area is 98.3 Å². The summed E-state index contributed by atoms with van der Waals surface area (Å²) in [4.78, 5) is 12.6. The van der Waals surface area contributed by atoms with Crippen LogP contribution in [0.1, 0.15) is 26.7 Å². The molecule has 94 valence electrons. The Balaban J connectivity index is 2.14. The number of morpholine rings is 1. The Kier molecular flexibility index (Phi) is 6.42. The first-order valence-corrected chi connectivity index (χ1v) is 6.23. The van der Waals surface area contributed by atoms with E-state index >= 15 is 0 Å². The highest BCUT2D eigenvalue weighted by Crippen LogP contribution is 2.08. The average Bonchev–Trinajstić information content (AvgIpc) is 2.26. The molecule has 1 aliphatic heterocycles. The minimum absolute atomic E-state index is 0.165. The maximum absolute atomic E-state index is 10.2. The van der Waals surface area contributed by atoms with Crippen LogP contribution in [0.25, 0.3) is 0 Å². The molecule has 0 radical (unpaired) electrons. The van der Waals surface area contributed by atoms with E-state index in [1.165, 1.54) is 12.8 Å². The molecule has 0 bridgehead atoms. The largest absolute Gasteiger partial charge is 0.374 e. The van der Waals surface area contributed by atoms with Gasteiger partial charge in [0, 0.05) is 19.6 Å². The number of hydrogen-bond donors (Lipinski definition) is 1. The molecule has 1 atom stereocenters. The zero-order chi connectivity index (χ0) is 11.8. The van der Waals surface area contributed by atoms with Crippen molar-refractivity contribution in [2.45, 2.75) is 32.8 Å². The molecule has 0 aromatic carbocycles. The number of carbonyl (C=O) groups is 1. The van der Waals surface area contributed by atoms with Crippen LogP contribution in [0.3, 0.4) is 0 Å². The molecule has 1 heterocycles. The van der Waals surface area contributed by atoms with Crippen molar-refractivity contribution in [2.75, 3.05) is 32.8 Å². The van der Waals surface area contributed by atoms with Crippen LogP contribution >= 0.6 is 0 Å². The van der Waals surface area contributed by atoms with Gasteiger partial charge in [0.15, 0.2) is 0 Å². The van der Waals surface area contributed by atoms with Gasteiger partial charge in [-0.05, 0) is 25.3 Å². The lowest BCUT2D eigenvalue weighted by Gasteiger charge is -2.32. The van der Waals surface area contributed by atoms with Gasteiger partial charge in [-0.3, -0.25) is 9.69 Å². The van der Waals surface area contributed by atoms with Gasteiger partial charge < -0.3 is 10.1 Å². The lowest BCUT2D eigenvalue weighted by atomic mass is 10.1. The van der Waals surface area contributed by atoms with Gasteiger partial charge in [-0.1, -0.05) is 13.8 Å². The van der Waals surface area contributed by atoms with E-state index in [1.54, 1.807) is 0 Å². The first kappa shape index (κ1) is 13.5. The summed E-state index contributed by atoms with van der Waals surface area (Å²) in [7, 11) is 0.